The number of non-ortho nitro benzene ring substituents is 1. The molecule has 0 N–H and O–H groups in total. The lowest BCUT2D eigenvalue weighted by Gasteiger charge is -2.12. The van der Waals surface area contributed by atoms with Gasteiger partial charge in [0.15, 0.2) is 5.76 Å². The van der Waals surface area contributed by atoms with Crippen LogP contribution in [0.15, 0.2) is 75.9 Å². The van der Waals surface area contributed by atoms with Crippen LogP contribution in [0.2, 0.25) is 0 Å². The Hall–Kier alpha value is -4.53. The standard InChI is InChI=1S/C23H16N2O7/c1-2-14-8-10-19-17(12-14)21(26)23(22(31-19)15-6-4-3-5-7-15)32-20-11-9-16(24(27)28)13-18(20)25(29)30/h3-13H,2H2,1H3. The maximum absolute atomic E-state index is 13.4. The number of nitrogens with zero attached hydrogens (tertiary/aromatic N) is 2. The molecule has 0 fully saturated rings. The summed E-state index contributed by atoms with van der Waals surface area (Å²) < 4.78 is 11.7. The molecule has 0 radical (unpaired) electrons. The molecule has 1 heterocycles. The number of hydrogen-bond acceptors (Lipinski definition) is 7. The molecule has 160 valence electrons. The van der Waals surface area contributed by atoms with Gasteiger partial charge in [0.05, 0.1) is 21.3 Å². The number of hydrogen-bond donors (Lipinski definition) is 0. The highest BCUT2D eigenvalue weighted by Gasteiger charge is 2.25. The molecule has 32 heavy (non-hydrogen) atoms. The summed E-state index contributed by atoms with van der Waals surface area (Å²) in [5.74, 6) is -0.454. The molecular weight excluding hydrogens is 416 g/mol. The van der Waals surface area contributed by atoms with E-state index in [0.29, 0.717) is 17.6 Å². The van der Waals surface area contributed by atoms with Crippen molar-refractivity contribution < 1.29 is 19.0 Å². The summed E-state index contributed by atoms with van der Waals surface area (Å²) in [4.78, 5) is 34.4. The molecular formula is C23H16N2O7. The molecule has 0 saturated carbocycles. The lowest BCUT2D eigenvalue weighted by Crippen LogP contribution is -2.08. The van der Waals surface area contributed by atoms with Crippen molar-refractivity contribution in [3.63, 3.8) is 0 Å². The van der Waals surface area contributed by atoms with E-state index in [1.54, 1.807) is 42.5 Å². The van der Waals surface area contributed by atoms with Gasteiger partial charge in [0, 0.05) is 11.6 Å². The Morgan fingerprint density at radius 1 is 0.938 bits per heavy atom. The van der Waals surface area contributed by atoms with E-state index in [1.807, 2.05) is 13.0 Å². The van der Waals surface area contributed by atoms with Gasteiger partial charge < -0.3 is 9.15 Å². The number of nitro benzene ring substituents is 2. The Morgan fingerprint density at radius 3 is 2.34 bits per heavy atom. The molecule has 0 aliphatic heterocycles. The van der Waals surface area contributed by atoms with Crippen LogP contribution in [-0.4, -0.2) is 9.85 Å². The number of nitro groups is 2. The van der Waals surface area contributed by atoms with E-state index >= 15 is 0 Å². The van der Waals surface area contributed by atoms with E-state index in [4.69, 9.17) is 9.15 Å². The zero-order chi connectivity index (χ0) is 22.8. The fraction of sp³-hybridized carbons (Fsp3) is 0.0870. The zero-order valence-electron chi connectivity index (χ0n) is 16.8. The van der Waals surface area contributed by atoms with E-state index in [9.17, 15) is 25.0 Å². The first-order chi connectivity index (χ1) is 15.4. The van der Waals surface area contributed by atoms with E-state index in [-0.39, 0.29) is 22.6 Å². The third-order valence-corrected chi connectivity index (χ3v) is 4.92. The molecule has 0 spiro atoms. The van der Waals surface area contributed by atoms with Crippen LogP contribution < -0.4 is 10.2 Å². The van der Waals surface area contributed by atoms with Crippen LogP contribution in [0, 0.1) is 20.2 Å². The Bertz CT molecular complexity index is 1410. The zero-order valence-corrected chi connectivity index (χ0v) is 16.8. The van der Waals surface area contributed by atoms with Crippen LogP contribution in [-0.2, 0) is 6.42 Å². The molecule has 0 amide bonds. The van der Waals surface area contributed by atoms with E-state index in [2.05, 4.69) is 0 Å². The average molecular weight is 432 g/mol. The van der Waals surface area contributed by atoms with Crippen molar-refractivity contribution in [2.24, 2.45) is 0 Å². The van der Waals surface area contributed by atoms with E-state index in [1.165, 1.54) is 0 Å². The van der Waals surface area contributed by atoms with Crippen molar-refractivity contribution in [2.45, 2.75) is 13.3 Å². The van der Waals surface area contributed by atoms with Gasteiger partial charge in [-0.2, -0.15) is 0 Å². The minimum Gasteiger partial charge on any atom is -0.452 e. The first-order valence-electron chi connectivity index (χ1n) is 9.65. The van der Waals surface area contributed by atoms with Crippen molar-refractivity contribution in [3.05, 3.63) is 103 Å². The van der Waals surface area contributed by atoms with Crippen molar-refractivity contribution in [3.8, 4) is 22.8 Å². The summed E-state index contributed by atoms with van der Waals surface area (Å²) in [5.41, 5.74) is 0.172. The van der Waals surface area contributed by atoms with Gasteiger partial charge in [-0.05, 0) is 30.2 Å². The Kier molecular flexibility index (Phi) is 5.38. The molecule has 4 rings (SSSR count). The lowest BCUT2D eigenvalue weighted by molar-refractivity contribution is -0.394. The largest absolute Gasteiger partial charge is 0.452 e. The van der Waals surface area contributed by atoms with Crippen LogP contribution in [0.1, 0.15) is 12.5 Å². The van der Waals surface area contributed by atoms with Gasteiger partial charge in [0.25, 0.3) is 5.69 Å². The van der Waals surface area contributed by atoms with Crippen LogP contribution in [0.5, 0.6) is 11.5 Å². The highest BCUT2D eigenvalue weighted by atomic mass is 16.6. The predicted molar refractivity (Wildman–Crippen MR) is 117 cm³/mol. The second kappa shape index (κ2) is 8.31. The van der Waals surface area contributed by atoms with Gasteiger partial charge in [-0.15, -0.1) is 0 Å². The third kappa shape index (κ3) is 3.79. The van der Waals surface area contributed by atoms with Crippen LogP contribution >= 0.6 is 0 Å². The smallest absolute Gasteiger partial charge is 0.318 e. The van der Waals surface area contributed by atoms with Gasteiger partial charge >= 0.3 is 5.69 Å². The maximum Gasteiger partial charge on any atom is 0.318 e. The minimum absolute atomic E-state index is 0.0972. The van der Waals surface area contributed by atoms with Crippen molar-refractivity contribution in [1.82, 2.24) is 0 Å². The van der Waals surface area contributed by atoms with E-state index < -0.39 is 26.7 Å². The molecule has 0 atom stereocenters. The lowest BCUT2D eigenvalue weighted by atomic mass is 10.1. The quantitative estimate of drug-likeness (QED) is 0.285. The molecule has 9 heteroatoms. The molecule has 0 aliphatic rings. The number of benzene rings is 3. The van der Waals surface area contributed by atoms with E-state index in [0.717, 1.165) is 23.8 Å². The average Bonchev–Trinajstić information content (AvgIpc) is 2.81. The molecule has 1 aromatic heterocycles. The van der Waals surface area contributed by atoms with Crippen LogP contribution in [0.3, 0.4) is 0 Å². The summed E-state index contributed by atoms with van der Waals surface area (Å²) in [6.45, 7) is 1.94. The Balaban J connectivity index is 1.97. The summed E-state index contributed by atoms with van der Waals surface area (Å²) >= 11 is 0. The van der Waals surface area contributed by atoms with Crippen LogP contribution in [0.4, 0.5) is 11.4 Å². The van der Waals surface area contributed by atoms with Crippen molar-refractivity contribution >= 4 is 22.3 Å². The van der Waals surface area contributed by atoms with Crippen LogP contribution in [0.25, 0.3) is 22.3 Å². The summed E-state index contributed by atoms with van der Waals surface area (Å²) in [6.07, 6.45) is 0.694. The Morgan fingerprint density at radius 2 is 1.69 bits per heavy atom. The Labute approximate surface area is 180 Å². The molecule has 0 aliphatic carbocycles. The fourth-order valence-electron chi connectivity index (χ4n) is 3.28. The van der Waals surface area contributed by atoms with Crippen molar-refractivity contribution in [2.75, 3.05) is 0 Å². The molecule has 0 saturated heterocycles. The highest BCUT2D eigenvalue weighted by molar-refractivity contribution is 5.83. The highest BCUT2D eigenvalue weighted by Crippen LogP contribution is 2.38. The first kappa shape index (κ1) is 20.7. The van der Waals surface area contributed by atoms with Gasteiger partial charge in [-0.25, -0.2) is 0 Å². The predicted octanol–water partition coefficient (Wildman–Crippen LogP) is 5.63. The summed E-state index contributed by atoms with van der Waals surface area (Å²) in [7, 11) is 0. The monoisotopic (exact) mass is 432 g/mol. The first-order valence-corrected chi connectivity index (χ1v) is 9.65. The summed E-state index contributed by atoms with van der Waals surface area (Å²) in [6, 6.07) is 16.9. The van der Waals surface area contributed by atoms with Gasteiger partial charge in [-0.1, -0.05) is 43.3 Å². The molecule has 0 bridgehead atoms. The van der Waals surface area contributed by atoms with Gasteiger partial charge in [0.2, 0.25) is 16.9 Å². The maximum atomic E-state index is 13.4. The second-order valence-corrected chi connectivity index (χ2v) is 6.91. The number of ether oxygens (including phenoxy) is 1. The SMILES string of the molecule is CCc1ccc2oc(-c3ccccc3)c(Oc3ccc([N+](=O)[O-])cc3[N+](=O)[O-])c(=O)c2c1. The topological polar surface area (TPSA) is 126 Å². The number of rotatable bonds is 6. The summed E-state index contributed by atoms with van der Waals surface area (Å²) in [5, 5.41) is 22.8. The third-order valence-electron chi connectivity index (χ3n) is 4.92. The minimum atomic E-state index is -0.803. The fourth-order valence-corrected chi connectivity index (χ4v) is 3.28. The second-order valence-electron chi connectivity index (χ2n) is 6.91. The number of aryl methyl sites for hydroxylation is 1. The van der Waals surface area contributed by atoms with Gasteiger partial charge in [-0.3, -0.25) is 25.0 Å². The van der Waals surface area contributed by atoms with Gasteiger partial charge in [0.1, 0.15) is 5.58 Å². The normalized spacial score (nSPS) is 10.8. The molecule has 4 aromatic rings. The molecule has 9 nitrogen and oxygen atoms in total. The number of fused-ring (bicyclic) bond motifs is 1. The van der Waals surface area contributed by atoms with Crippen molar-refractivity contribution in [1.29, 1.82) is 0 Å². The molecule has 3 aromatic carbocycles. The molecule has 0 unspecified atom stereocenters.